The maximum absolute atomic E-state index is 5.60. The van der Waals surface area contributed by atoms with Gasteiger partial charge in [0.2, 0.25) is 0 Å². The molecule has 4 rings (SSSR count). The normalized spacial score (nSPS) is 13.4. The van der Waals surface area contributed by atoms with Gasteiger partial charge in [-0.15, -0.1) is 0 Å². The molecule has 0 fully saturated rings. The number of ether oxygens (including phenoxy) is 2. The van der Waals surface area contributed by atoms with Gasteiger partial charge in [-0.2, -0.15) is 0 Å². The van der Waals surface area contributed by atoms with Gasteiger partial charge in [-0.3, -0.25) is 0 Å². The third kappa shape index (κ3) is 2.16. The topological polar surface area (TPSA) is 48.3 Å². The van der Waals surface area contributed by atoms with Crippen LogP contribution in [-0.2, 0) is 7.05 Å². The lowest BCUT2D eigenvalue weighted by Gasteiger charge is -2.19. The molecule has 0 saturated carbocycles. The van der Waals surface area contributed by atoms with E-state index in [-0.39, 0.29) is 0 Å². The Hall–Kier alpha value is -2.69. The van der Waals surface area contributed by atoms with Crippen LogP contribution in [0.1, 0.15) is 0 Å². The fourth-order valence-electron chi connectivity index (χ4n) is 2.49. The molecule has 1 aliphatic rings. The zero-order valence-corrected chi connectivity index (χ0v) is 11.7. The minimum Gasteiger partial charge on any atom is -0.486 e. The van der Waals surface area contributed by atoms with Crippen LogP contribution in [0.2, 0.25) is 0 Å². The van der Waals surface area contributed by atoms with Gasteiger partial charge in [-0.05, 0) is 30.3 Å². The molecule has 0 bridgehead atoms. The first kappa shape index (κ1) is 12.1. The number of benzene rings is 2. The Morgan fingerprint density at radius 1 is 1.00 bits per heavy atom. The van der Waals surface area contributed by atoms with Crippen molar-refractivity contribution < 1.29 is 9.47 Å². The van der Waals surface area contributed by atoms with Gasteiger partial charge in [0.1, 0.15) is 13.2 Å². The van der Waals surface area contributed by atoms with Crippen molar-refractivity contribution in [2.45, 2.75) is 0 Å². The van der Waals surface area contributed by atoms with Gasteiger partial charge >= 0.3 is 0 Å². The van der Waals surface area contributed by atoms with Crippen molar-refractivity contribution in [3.05, 3.63) is 42.7 Å². The quantitative estimate of drug-likeness (QED) is 0.784. The summed E-state index contributed by atoms with van der Waals surface area (Å²) in [5.74, 6) is 1.58. The molecule has 1 aromatic heterocycles. The molecule has 0 aliphatic carbocycles. The van der Waals surface area contributed by atoms with Crippen LogP contribution < -0.4 is 14.8 Å². The first-order chi connectivity index (χ1) is 10.3. The molecule has 0 unspecified atom stereocenters. The molecule has 3 aromatic rings. The van der Waals surface area contributed by atoms with E-state index in [9.17, 15) is 0 Å². The maximum Gasteiger partial charge on any atom is 0.163 e. The van der Waals surface area contributed by atoms with E-state index in [1.807, 2.05) is 48.3 Å². The maximum atomic E-state index is 5.60. The van der Waals surface area contributed by atoms with E-state index >= 15 is 0 Å². The Balaban J connectivity index is 1.66. The molecule has 106 valence electrons. The highest BCUT2D eigenvalue weighted by atomic mass is 16.6. The molecule has 0 atom stereocenters. The molecular weight excluding hydrogens is 266 g/mol. The Labute approximate surface area is 122 Å². The van der Waals surface area contributed by atoms with E-state index in [4.69, 9.17) is 9.47 Å². The van der Waals surface area contributed by atoms with E-state index < -0.39 is 0 Å². The third-order valence-corrected chi connectivity index (χ3v) is 3.56. The van der Waals surface area contributed by atoms with E-state index in [2.05, 4.69) is 16.4 Å². The first-order valence-electron chi connectivity index (χ1n) is 6.87. The van der Waals surface area contributed by atoms with Crippen molar-refractivity contribution in [3.8, 4) is 11.5 Å². The molecule has 0 amide bonds. The highest BCUT2D eigenvalue weighted by Gasteiger charge is 2.11. The predicted molar refractivity (Wildman–Crippen MR) is 81.4 cm³/mol. The summed E-state index contributed by atoms with van der Waals surface area (Å²) in [6.45, 7) is 1.20. The average Bonchev–Trinajstić information content (AvgIpc) is 2.88. The Bertz CT molecular complexity index is 810. The molecule has 0 radical (unpaired) electrons. The molecule has 21 heavy (non-hydrogen) atoms. The van der Waals surface area contributed by atoms with Gasteiger partial charge in [-0.1, -0.05) is 0 Å². The minimum atomic E-state index is 0.595. The van der Waals surface area contributed by atoms with Crippen molar-refractivity contribution in [2.24, 2.45) is 7.05 Å². The second-order valence-electron chi connectivity index (χ2n) is 5.04. The molecule has 0 saturated heterocycles. The number of aromatic nitrogens is 2. The largest absolute Gasteiger partial charge is 0.486 e. The first-order valence-corrected chi connectivity index (χ1v) is 6.87. The van der Waals surface area contributed by atoms with Crippen LogP contribution in [0, 0.1) is 0 Å². The molecule has 5 nitrogen and oxygen atoms in total. The summed E-state index contributed by atoms with van der Waals surface area (Å²) in [4.78, 5) is 4.32. The van der Waals surface area contributed by atoms with Crippen LogP contribution in [0.4, 0.5) is 11.4 Å². The van der Waals surface area contributed by atoms with Gasteiger partial charge in [-0.25, -0.2) is 4.98 Å². The monoisotopic (exact) mass is 281 g/mol. The summed E-state index contributed by atoms with van der Waals surface area (Å²) in [7, 11) is 1.99. The fourth-order valence-corrected chi connectivity index (χ4v) is 2.49. The number of hydrogen-bond acceptors (Lipinski definition) is 4. The van der Waals surface area contributed by atoms with Gasteiger partial charge < -0.3 is 19.4 Å². The third-order valence-electron chi connectivity index (χ3n) is 3.56. The molecule has 5 heteroatoms. The summed E-state index contributed by atoms with van der Waals surface area (Å²) >= 11 is 0. The summed E-state index contributed by atoms with van der Waals surface area (Å²) in [6.07, 6.45) is 1.82. The minimum absolute atomic E-state index is 0.595. The standard InChI is InChI=1S/C16H15N3O2/c1-19-10-17-13-4-2-11(8-14(13)19)18-12-3-5-15-16(9-12)21-7-6-20-15/h2-5,8-10,18H,6-7H2,1H3. The van der Waals surface area contributed by atoms with Crippen molar-refractivity contribution in [1.29, 1.82) is 0 Å². The molecule has 2 aromatic carbocycles. The number of nitrogens with one attached hydrogen (secondary N) is 1. The highest BCUT2D eigenvalue weighted by Crippen LogP contribution is 2.33. The molecule has 2 heterocycles. The van der Waals surface area contributed by atoms with E-state index in [0.717, 1.165) is 33.9 Å². The van der Waals surface area contributed by atoms with Gasteiger partial charge in [0.05, 0.1) is 17.4 Å². The number of hydrogen-bond donors (Lipinski definition) is 1. The number of anilines is 2. The number of aryl methyl sites for hydroxylation is 1. The summed E-state index contributed by atoms with van der Waals surface area (Å²) in [5, 5.41) is 3.39. The summed E-state index contributed by atoms with van der Waals surface area (Å²) in [5.41, 5.74) is 4.08. The molecule has 1 N–H and O–H groups in total. The lowest BCUT2D eigenvalue weighted by molar-refractivity contribution is 0.171. The van der Waals surface area contributed by atoms with Crippen LogP contribution in [0.25, 0.3) is 11.0 Å². The molecule has 1 aliphatic heterocycles. The van der Waals surface area contributed by atoms with Crippen LogP contribution >= 0.6 is 0 Å². The molecule has 0 spiro atoms. The van der Waals surface area contributed by atoms with Gasteiger partial charge in [0, 0.05) is 24.5 Å². The Morgan fingerprint density at radius 3 is 2.67 bits per heavy atom. The highest BCUT2D eigenvalue weighted by molar-refractivity contribution is 5.81. The lowest BCUT2D eigenvalue weighted by atomic mass is 10.2. The van der Waals surface area contributed by atoms with Gasteiger partial charge in [0.25, 0.3) is 0 Å². The summed E-state index contributed by atoms with van der Waals surface area (Å²) < 4.78 is 13.1. The van der Waals surface area contributed by atoms with Crippen LogP contribution in [0.5, 0.6) is 11.5 Å². The second-order valence-corrected chi connectivity index (χ2v) is 5.04. The van der Waals surface area contributed by atoms with E-state index in [1.165, 1.54) is 0 Å². The van der Waals surface area contributed by atoms with Crippen LogP contribution in [0.3, 0.4) is 0 Å². The van der Waals surface area contributed by atoms with Gasteiger partial charge in [0.15, 0.2) is 11.5 Å². The SMILES string of the molecule is Cn1cnc2ccc(Nc3ccc4c(c3)OCCO4)cc21. The van der Waals surface area contributed by atoms with Crippen molar-refractivity contribution >= 4 is 22.4 Å². The number of nitrogens with zero attached hydrogens (tertiary/aromatic N) is 2. The summed E-state index contributed by atoms with van der Waals surface area (Å²) in [6, 6.07) is 12.0. The second kappa shape index (κ2) is 4.70. The predicted octanol–water partition coefficient (Wildman–Crippen LogP) is 3.09. The Morgan fingerprint density at radius 2 is 1.76 bits per heavy atom. The zero-order chi connectivity index (χ0) is 14.2. The zero-order valence-electron chi connectivity index (χ0n) is 11.7. The van der Waals surface area contributed by atoms with E-state index in [0.29, 0.717) is 13.2 Å². The fraction of sp³-hybridized carbons (Fsp3) is 0.188. The average molecular weight is 281 g/mol. The lowest BCUT2D eigenvalue weighted by Crippen LogP contribution is -2.15. The van der Waals surface area contributed by atoms with Crippen molar-refractivity contribution in [2.75, 3.05) is 18.5 Å². The van der Waals surface area contributed by atoms with Crippen LogP contribution in [0.15, 0.2) is 42.7 Å². The smallest absolute Gasteiger partial charge is 0.163 e. The van der Waals surface area contributed by atoms with Crippen molar-refractivity contribution in [3.63, 3.8) is 0 Å². The molecular formula is C16H15N3O2. The number of imidazole rings is 1. The Kier molecular flexibility index (Phi) is 2.70. The van der Waals surface area contributed by atoms with Crippen molar-refractivity contribution in [1.82, 2.24) is 9.55 Å². The number of fused-ring (bicyclic) bond motifs is 2. The van der Waals surface area contributed by atoms with Crippen LogP contribution in [-0.4, -0.2) is 22.8 Å². The van der Waals surface area contributed by atoms with E-state index in [1.54, 1.807) is 0 Å². The number of rotatable bonds is 2.